The minimum absolute atomic E-state index is 0. The summed E-state index contributed by atoms with van der Waals surface area (Å²) < 4.78 is 5.59. The fourth-order valence-corrected chi connectivity index (χ4v) is 3.77. The van der Waals surface area contributed by atoms with Crippen molar-refractivity contribution in [2.24, 2.45) is 5.92 Å². The van der Waals surface area contributed by atoms with Gasteiger partial charge in [-0.3, -0.25) is 9.69 Å². The number of nitrogens with one attached hydrogen (secondary N) is 2. The number of nitrogens with zero attached hydrogens (tertiary/aromatic N) is 1. The predicted octanol–water partition coefficient (Wildman–Crippen LogP) is 3.47. The van der Waals surface area contributed by atoms with Crippen LogP contribution in [-0.2, 0) is 16.1 Å². The highest BCUT2D eigenvalue weighted by Crippen LogP contribution is 2.25. The van der Waals surface area contributed by atoms with Crippen molar-refractivity contribution in [3.8, 4) is 0 Å². The molecule has 2 aliphatic rings. The van der Waals surface area contributed by atoms with E-state index in [0.717, 1.165) is 31.2 Å². The molecule has 2 heterocycles. The molecule has 0 atom stereocenters. The Morgan fingerprint density at radius 1 is 1.19 bits per heavy atom. The summed E-state index contributed by atoms with van der Waals surface area (Å²) in [6, 6.07) is 8.25. The smallest absolute Gasteiger partial charge is 0.256 e. The summed E-state index contributed by atoms with van der Waals surface area (Å²) in [5.41, 5.74) is 1.45. The molecule has 0 unspecified atom stereocenters. The van der Waals surface area contributed by atoms with Crippen LogP contribution in [0.2, 0.25) is 0 Å². The minimum atomic E-state index is -0.700. The first-order chi connectivity index (χ1) is 12.1. The van der Waals surface area contributed by atoms with Crippen LogP contribution in [0.25, 0.3) is 0 Å². The van der Waals surface area contributed by atoms with Gasteiger partial charge in [-0.15, -0.1) is 24.8 Å². The van der Waals surface area contributed by atoms with Gasteiger partial charge in [-0.05, 0) is 75.5 Å². The number of methoxy groups -OCH3 is 1. The van der Waals surface area contributed by atoms with E-state index < -0.39 is 5.60 Å². The van der Waals surface area contributed by atoms with E-state index in [4.69, 9.17) is 4.74 Å². The zero-order valence-electron chi connectivity index (χ0n) is 16.3. The third-order valence-corrected chi connectivity index (χ3v) is 5.71. The van der Waals surface area contributed by atoms with E-state index in [0.29, 0.717) is 12.8 Å². The molecule has 0 bridgehead atoms. The summed E-state index contributed by atoms with van der Waals surface area (Å²) in [5, 5.41) is 6.31. The van der Waals surface area contributed by atoms with Gasteiger partial charge in [0.05, 0.1) is 0 Å². The molecular formula is C20H33Cl2N3O2. The zero-order chi connectivity index (χ0) is 17.7. The van der Waals surface area contributed by atoms with Crippen molar-refractivity contribution in [1.29, 1.82) is 0 Å². The molecule has 3 rings (SSSR count). The maximum Gasteiger partial charge on any atom is 0.256 e. The number of amides is 1. The van der Waals surface area contributed by atoms with Crippen LogP contribution in [0, 0.1) is 5.92 Å². The maximum atomic E-state index is 12.7. The van der Waals surface area contributed by atoms with Crippen LogP contribution in [0.5, 0.6) is 0 Å². The number of likely N-dealkylation sites (tertiary alicyclic amines) is 1. The SMILES string of the molecule is COC1(C(=O)Nc2ccc(CN3CCC(C)CC3)cc2)CCNCC1.Cl.Cl. The summed E-state index contributed by atoms with van der Waals surface area (Å²) >= 11 is 0. The lowest BCUT2D eigenvalue weighted by Gasteiger charge is -2.34. The van der Waals surface area contributed by atoms with E-state index in [1.807, 2.05) is 12.1 Å². The number of halogens is 2. The summed E-state index contributed by atoms with van der Waals surface area (Å²) in [5.74, 6) is 0.825. The van der Waals surface area contributed by atoms with Gasteiger partial charge in [0, 0.05) is 19.3 Å². The number of hydrogen-bond acceptors (Lipinski definition) is 4. The number of piperidine rings is 2. The van der Waals surface area contributed by atoms with Gasteiger partial charge in [0.25, 0.3) is 5.91 Å². The van der Waals surface area contributed by atoms with E-state index in [2.05, 4.69) is 34.6 Å². The van der Waals surface area contributed by atoms with Crippen LogP contribution in [0.15, 0.2) is 24.3 Å². The van der Waals surface area contributed by atoms with E-state index in [9.17, 15) is 4.79 Å². The average molecular weight is 418 g/mol. The summed E-state index contributed by atoms with van der Waals surface area (Å²) in [6.07, 6.45) is 4.01. The fourth-order valence-electron chi connectivity index (χ4n) is 3.77. The largest absolute Gasteiger partial charge is 0.368 e. The first-order valence-electron chi connectivity index (χ1n) is 9.50. The van der Waals surface area contributed by atoms with Crippen molar-refractivity contribution in [1.82, 2.24) is 10.2 Å². The molecule has 2 N–H and O–H groups in total. The molecule has 27 heavy (non-hydrogen) atoms. The molecule has 2 aliphatic heterocycles. The van der Waals surface area contributed by atoms with Crippen LogP contribution in [-0.4, -0.2) is 49.7 Å². The van der Waals surface area contributed by atoms with Crippen molar-refractivity contribution < 1.29 is 9.53 Å². The maximum absolute atomic E-state index is 12.7. The van der Waals surface area contributed by atoms with E-state index in [1.54, 1.807) is 7.11 Å². The van der Waals surface area contributed by atoms with E-state index in [-0.39, 0.29) is 30.7 Å². The molecule has 0 saturated carbocycles. The molecule has 1 amide bonds. The Morgan fingerprint density at radius 3 is 2.33 bits per heavy atom. The van der Waals surface area contributed by atoms with Crippen LogP contribution in [0.3, 0.4) is 0 Å². The minimum Gasteiger partial charge on any atom is -0.368 e. The first kappa shape index (κ1) is 24.2. The molecule has 0 aromatic heterocycles. The van der Waals surface area contributed by atoms with Crippen LogP contribution in [0.1, 0.15) is 38.2 Å². The van der Waals surface area contributed by atoms with Crippen molar-refractivity contribution >= 4 is 36.4 Å². The molecule has 154 valence electrons. The van der Waals surface area contributed by atoms with Gasteiger partial charge in [0.1, 0.15) is 5.60 Å². The lowest BCUT2D eigenvalue weighted by Crippen LogP contribution is -2.51. The number of carbonyl (C=O) groups is 1. The molecule has 7 heteroatoms. The summed E-state index contributed by atoms with van der Waals surface area (Å²) in [4.78, 5) is 15.2. The number of hydrogen-bond donors (Lipinski definition) is 2. The Hall–Kier alpha value is -0.850. The number of ether oxygens (including phenoxy) is 1. The standard InChI is InChI=1S/C20H31N3O2.2ClH/c1-16-7-13-23(14-8-16)15-17-3-5-18(6-4-17)22-19(24)20(25-2)9-11-21-12-10-20;;/h3-6,16,21H,7-15H2,1-2H3,(H,22,24);2*1H. The van der Waals surface area contributed by atoms with E-state index in [1.165, 1.54) is 31.5 Å². The predicted molar refractivity (Wildman–Crippen MR) is 115 cm³/mol. The molecule has 2 fully saturated rings. The van der Waals surface area contributed by atoms with Gasteiger partial charge in [0.15, 0.2) is 0 Å². The highest BCUT2D eigenvalue weighted by atomic mass is 35.5. The van der Waals surface area contributed by atoms with Gasteiger partial charge >= 0.3 is 0 Å². The van der Waals surface area contributed by atoms with Crippen LogP contribution >= 0.6 is 24.8 Å². The third kappa shape index (κ3) is 6.33. The lowest BCUT2D eigenvalue weighted by molar-refractivity contribution is -0.140. The first-order valence-corrected chi connectivity index (χ1v) is 9.50. The quantitative estimate of drug-likeness (QED) is 0.769. The van der Waals surface area contributed by atoms with Gasteiger partial charge < -0.3 is 15.4 Å². The zero-order valence-corrected chi connectivity index (χ0v) is 18.0. The number of benzene rings is 1. The average Bonchev–Trinajstić information content (AvgIpc) is 2.65. The van der Waals surface area contributed by atoms with Crippen molar-refractivity contribution in [2.45, 2.75) is 44.8 Å². The second-order valence-corrected chi connectivity index (χ2v) is 7.56. The van der Waals surface area contributed by atoms with Crippen molar-refractivity contribution in [3.05, 3.63) is 29.8 Å². The molecule has 2 saturated heterocycles. The number of carbonyl (C=O) groups excluding carboxylic acids is 1. The Labute approximate surface area is 175 Å². The molecule has 0 radical (unpaired) electrons. The number of rotatable bonds is 5. The Morgan fingerprint density at radius 2 is 1.78 bits per heavy atom. The van der Waals surface area contributed by atoms with Gasteiger partial charge in [-0.25, -0.2) is 0 Å². The van der Waals surface area contributed by atoms with Crippen LogP contribution in [0.4, 0.5) is 5.69 Å². The van der Waals surface area contributed by atoms with Gasteiger partial charge in [-0.2, -0.15) is 0 Å². The normalized spacial score (nSPS) is 20.2. The summed E-state index contributed by atoms with van der Waals surface area (Å²) in [7, 11) is 1.63. The van der Waals surface area contributed by atoms with Crippen LogP contribution < -0.4 is 10.6 Å². The Bertz CT molecular complexity index is 569. The highest BCUT2D eigenvalue weighted by molar-refractivity contribution is 5.97. The summed E-state index contributed by atoms with van der Waals surface area (Å²) in [6.45, 7) is 7.33. The molecule has 0 spiro atoms. The van der Waals surface area contributed by atoms with Gasteiger partial charge in [0.2, 0.25) is 0 Å². The van der Waals surface area contributed by atoms with Gasteiger partial charge in [-0.1, -0.05) is 19.1 Å². The van der Waals surface area contributed by atoms with Crippen molar-refractivity contribution in [2.75, 3.05) is 38.6 Å². The topological polar surface area (TPSA) is 53.6 Å². The monoisotopic (exact) mass is 417 g/mol. The Balaban J connectivity index is 0.00000182. The highest BCUT2D eigenvalue weighted by Gasteiger charge is 2.39. The van der Waals surface area contributed by atoms with E-state index >= 15 is 0 Å². The van der Waals surface area contributed by atoms with Crippen molar-refractivity contribution in [3.63, 3.8) is 0 Å². The number of anilines is 1. The molecular weight excluding hydrogens is 385 g/mol. The second kappa shape index (κ2) is 11.2. The fraction of sp³-hybridized carbons (Fsp3) is 0.650. The molecule has 1 aromatic carbocycles. The molecule has 0 aliphatic carbocycles. The lowest BCUT2D eigenvalue weighted by atomic mass is 9.91. The second-order valence-electron chi connectivity index (χ2n) is 7.56. The Kier molecular flexibility index (Phi) is 10.1. The molecule has 1 aromatic rings. The third-order valence-electron chi connectivity index (χ3n) is 5.71. The molecule has 5 nitrogen and oxygen atoms in total.